The molecule has 6 nitrogen and oxygen atoms in total. The first-order valence-corrected chi connectivity index (χ1v) is 6.93. The van der Waals surface area contributed by atoms with Gasteiger partial charge in [0.1, 0.15) is 19.5 Å². The predicted octanol–water partition coefficient (Wildman–Crippen LogP) is 2.04. The minimum absolute atomic E-state index is 0.0485. The van der Waals surface area contributed by atoms with Gasteiger partial charge in [-0.05, 0) is 17.3 Å². The number of nitrogens with zero attached hydrogens (tertiary/aromatic N) is 2. The highest BCUT2D eigenvalue weighted by atomic mass is 32.2. The summed E-state index contributed by atoms with van der Waals surface area (Å²) in [4.78, 5) is 20.7. The van der Waals surface area contributed by atoms with Crippen LogP contribution in [0, 0.1) is 0 Å². The van der Waals surface area contributed by atoms with E-state index in [-0.39, 0.29) is 11.0 Å². The monoisotopic (exact) mass is 294 g/mol. The summed E-state index contributed by atoms with van der Waals surface area (Å²) in [6, 6.07) is 7.41. The number of hydrogen-bond acceptors (Lipinski definition) is 7. The fraction of sp³-hybridized carbons (Fsp3) is 0.308. The summed E-state index contributed by atoms with van der Waals surface area (Å²) in [6.07, 6.45) is 0. The van der Waals surface area contributed by atoms with E-state index in [1.165, 1.54) is 25.8 Å². The molecular formula is C13H14N2O4S. The SMILES string of the molecule is CON=C1/C(=N/OCCSC(C)=O)Oc2ccccc21. The molecule has 0 fully saturated rings. The van der Waals surface area contributed by atoms with Gasteiger partial charge in [0.2, 0.25) is 0 Å². The maximum absolute atomic E-state index is 10.8. The molecule has 0 bridgehead atoms. The maximum Gasteiger partial charge on any atom is 0.286 e. The van der Waals surface area contributed by atoms with E-state index in [1.807, 2.05) is 24.3 Å². The van der Waals surface area contributed by atoms with Crippen LogP contribution in [0.25, 0.3) is 0 Å². The smallest absolute Gasteiger partial charge is 0.286 e. The van der Waals surface area contributed by atoms with Gasteiger partial charge in [0.05, 0.1) is 5.56 Å². The topological polar surface area (TPSA) is 69.5 Å². The maximum atomic E-state index is 10.8. The molecule has 7 heteroatoms. The molecule has 0 saturated carbocycles. The number of carbonyl (C=O) groups excluding carboxylic acids is 1. The fourth-order valence-corrected chi connectivity index (χ4v) is 2.03. The molecule has 0 saturated heterocycles. The van der Waals surface area contributed by atoms with Gasteiger partial charge < -0.3 is 14.4 Å². The third-order valence-corrected chi connectivity index (χ3v) is 3.14. The van der Waals surface area contributed by atoms with Crippen molar-refractivity contribution in [3.8, 4) is 5.75 Å². The second-order valence-electron chi connectivity index (χ2n) is 3.79. The lowest BCUT2D eigenvalue weighted by molar-refractivity contribution is -0.109. The van der Waals surface area contributed by atoms with Crippen LogP contribution >= 0.6 is 11.8 Å². The molecule has 0 N–H and O–H groups in total. The number of fused-ring (bicyclic) bond motifs is 1. The van der Waals surface area contributed by atoms with E-state index >= 15 is 0 Å². The lowest BCUT2D eigenvalue weighted by atomic mass is 10.1. The Morgan fingerprint density at radius 2 is 2.15 bits per heavy atom. The zero-order valence-corrected chi connectivity index (χ0v) is 12.0. The summed E-state index contributed by atoms with van der Waals surface area (Å²) < 4.78 is 5.54. The molecule has 0 aromatic heterocycles. The fourth-order valence-electron chi connectivity index (χ4n) is 1.59. The standard InChI is InChI=1S/C13H14N2O4S/c1-9(16)20-8-7-18-15-13-12(14-17-2)10-5-3-4-6-11(10)19-13/h3-6H,7-8H2,1-2H3/b14-12?,15-13-. The quantitative estimate of drug-likeness (QED) is 0.614. The molecule has 0 spiro atoms. The summed E-state index contributed by atoms with van der Waals surface area (Å²) in [6.45, 7) is 1.82. The molecule has 1 heterocycles. The molecule has 2 rings (SSSR count). The van der Waals surface area contributed by atoms with Gasteiger partial charge in [-0.25, -0.2) is 0 Å². The summed E-state index contributed by atoms with van der Waals surface area (Å²) in [5, 5.41) is 7.84. The van der Waals surface area contributed by atoms with Crippen LogP contribution in [0.5, 0.6) is 5.75 Å². The van der Waals surface area contributed by atoms with Gasteiger partial charge in [0.15, 0.2) is 10.8 Å². The minimum atomic E-state index is 0.0485. The Kier molecular flexibility index (Phi) is 5.00. The van der Waals surface area contributed by atoms with Gasteiger partial charge in [0.25, 0.3) is 5.90 Å². The van der Waals surface area contributed by atoms with Crippen molar-refractivity contribution in [1.82, 2.24) is 0 Å². The van der Waals surface area contributed by atoms with Gasteiger partial charge in [-0.2, -0.15) is 0 Å². The van der Waals surface area contributed by atoms with Crippen molar-refractivity contribution < 1.29 is 19.2 Å². The molecule has 0 atom stereocenters. The van der Waals surface area contributed by atoms with Crippen molar-refractivity contribution in [3.05, 3.63) is 29.8 Å². The molecule has 1 aromatic carbocycles. The molecule has 0 amide bonds. The molecular weight excluding hydrogens is 280 g/mol. The van der Waals surface area contributed by atoms with Crippen LogP contribution in [-0.2, 0) is 14.5 Å². The van der Waals surface area contributed by atoms with Gasteiger partial charge in [-0.3, -0.25) is 4.79 Å². The summed E-state index contributed by atoms with van der Waals surface area (Å²) >= 11 is 1.18. The van der Waals surface area contributed by atoms with Crippen LogP contribution in [0.15, 0.2) is 34.6 Å². The normalized spacial score (nSPS) is 16.9. The van der Waals surface area contributed by atoms with E-state index in [4.69, 9.17) is 14.4 Å². The highest BCUT2D eigenvalue weighted by Crippen LogP contribution is 2.26. The van der Waals surface area contributed by atoms with Crippen molar-refractivity contribution >= 4 is 28.5 Å². The Morgan fingerprint density at radius 1 is 1.35 bits per heavy atom. The molecule has 0 unspecified atom stereocenters. The highest BCUT2D eigenvalue weighted by Gasteiger charge is 2.28. The van der Waals surface area contributed by atoms with Crippen LogP contribution in [0.3, 0.4) is 0 Å². The van der Waals surface area contributed by atoms with Crippen LogP contribution < -0.4 is 4.74 Å². The van der Waals surface area contributed by atoms with E-state index in [0.717, 1.165) is 5.56 Å². The van der Waals surface area contributed by atoms with Crippen LogP contribution in [0.4, 0.5) is 0 Å². The molecule has 0 aliphatic carbocycles. The summed E-state index contributed by atoms with van der Waals surface area (Å²) in [5.74, 6) is 1.44. The Hall–Kier alpha value is -2.02. The zero-order valence-electron chi connectivity index (χ0n) is 11.2. The van der Waals surface area contributed by atoms with Crippen molar-refractivity contribution in [2.24, 2.45) is 10.3 Å². The molecule has 20 heavy (non-hydrogen) atoms. The Labute approximate surface area is 120 Å². The number of ether oxygens (including phenoxy) is 1. The number of para-hydroxylation sites is 1. The largest absolute Gasteiger partial charge is 0.434 e. The van der Waals surface area contributed by atoms with E-state index in [1.54, 1.807) is 0 Å². The third kappa shape index (κ3) is 3.51. The number of benzene rings is 1. The predicted molar refractivity (Wildman–Crippen MR) is 77.1 cm³/mol. The number of carbonyl (C=O) groups is 1. The zero-order chi connectivity index (χ0) is 14.4. The Balaban J connectivity index is 2.02. The second-order valence-corrected chi connectivity index (χ2v) is 5.06. The van der Waals surface area contributed by atoms with Crippen LogP contribution in [0.1, 0.15) is 12.5 Å². The van der Waals surface area contributed by atoms with E-state index in [0.29, 0.717) is 23.8 Å². The van der Waals surface area contributed by atoms with Crippen molar-refractivity contribution in [2.75, 3.05) is 19.5 Å². The number of oxime groups is 2. The number of rotatable bonds is 5. The molecule has 1 aromatic rings. The average molecular weight is 294 g/mol. The first-order chi connectivity index (χ1) is 9.72. The third-order valence-electron chi connectivity index (χ3n) is 2.36. The van der Waals surface area contributed by atoms with E-state index in [9.17, 15) is 4.79 Å². The molecule has 1 aliphatic rings. The van der Waals surface area contributed by atoms with Gasteiger partial charge in [0, 0.05) is 12.7 Å². The van der Waals surface area contributed by atoms with Gasteiger partial charge in [-0.1, -0.05) is 29.1 Å². The first kappa shape index (κ1) is 14.4. The second kappa shape index (κ2) is 6.95. The van der Waals surface area contributed by atoms with Gasteiger partial charge in [-0.15, -0.1) is 0 Å². The highest BCUT2D eigenvalue weighted by molar-refractivity contribution is 8.13. The Bertz CT molecular complexity index is 557. The minimum Gasteiger partial charge on any atom is -0.434 e. The summed E-state index contributed by atoms with van der Waals surface area (Å²) in [7, 11) is 1.45. The summed E-state index contributed by atoms with van der Waals surface area (Å²) in [5.41, 5.74) is 1.29. The molecule has 1 aliphatic heterocycles. The lowest BCUT2D eigenvalue weighted by Gasteiger charge is -2.00. The van der Waals surface area contributed by atoms with Crippen molar-refractivity contribution in [1.29, 1.82) is 0 Å². The first-order valence-electron chi connectivity index (χ1n) is 5.94. The molecule has 106 valence electrons. The number of hydrogen-bond donors (Lipinski definition) is 0. The average Bonchev–Trinajstić information content (AvgIpc) is 2.77. The van der Waals surface area contributed by atoms with Crippen LogP contribution in [0.2, 0.25) is 0 Å². The lowest BCUT2D eigenvalue weighted by Crippen LogP contribution is -2.15. The molecule has 0 radical (unpaired) electrons. The van der Waals surface area contributed by atoms with Crippen molar-refractivity contribution in [2.45, 2.75) is 6.92 Å². The Morgan fingerprint density at radius 3 is 2.90 bits per heavy atom. The van der Waals surface area contributed by atoms with Crippen LogP contribution in [-0.4, -0.2) is 36.2 Å². The van der Waals surface area contributed by atoms with Crippen molar-refractivity contribution in [3.63, 3.8) is 0 Å². The van der Waals surface area contributed by atoms with Gasteiger partial charge >= 0.3 is 0 Å². The number of thioether (sulfide) groups is 1. The van der Waals surface area contributed by atoms with E-state index < -0.39 is 0 Å². The van der Waals surface area contributed by atoms with E-state index in [2.05, 4.69) is 10.3 Å².